The lowest BCUT2D eigenvalue weighted by Crippen LogP contribution is -2.41. The van der Waals surface area contributed by atoms with Gasteiger partial charge in [-0.2, -0.15) is 5.10 Å². The van der Waals surface area contributed by atoms with E-state index in [1.54, 1.807) is 6.07 Å². The number of hydrogen-bond donors (Lipinski definition) is 0. The van der Waals surface area contributed by atoms with Crippen LogP contribution in [0, 0.1) is 0 Å². The van der Waals surface area contributed by atoms with Crippen molar-refractivity contribution in [1.82, 2.24) is 14.9 Å². The van der Waals surface area contributed by atoms with Gasteiger partial charge in [0, 0.05) is 37.7 Å². The minimum Gasteiger partial charge on any atom is -0.487 e. The average Bonchev–Trinajstić information content (AvgIpc) is 3.41. The fraction of sp³-hybridized carbons (Fsp3) is 0.565. The maximum absolute atomic E-state index is 6.31. The zero-order valence-corrected chi connectivity index (χ0v) is 21.7. The topological polar surface area (TPSA) is 80.8 Å². The molecule has 0 atom stereocenters. The summed E-state index contributed by atoms with van der Waals surface area (Å²) in [5.74, 6) is 0.660. The van der Waals surface area contributed by atoms with Gasteiger partial charge in [-0.15, -0.1) is 0 Å². The molecule has 0 spiro atoms. The van der Waals surface area contributed by atoms with Crippen LogP contribution in [-0.2, 0) is 27.4 Å². The van der Waals surface area contributed by atoms with Gasteiger partial charge in [-0.1, -0.05) is 24.8 Å². The van der Waals surface area contributed by atoms with Crippen molar-refractivity contribution in [2.75, 3.05) is 6.61 Å². The first-order valence-corrected chi connectivity index (χ1v) is 15.1. The fourth-order valence-electron chi connectivity index (χ4n) is 3.50. The van der Waals surface area contributed by atoms with E-state index in [0.717, 1.165) is 29.0 Å². The van der Waals surface area contributed by atoms with Crippen LogP contribution >= 0.6 is 0 Å². The zero-order valence-electron chi connectivity index (χ0n) is 20.7. The largest absolute Gasteiger partial charge is 0.498 e. The lowest BCUT2D eigenvalue weighted by Gasteiger charge is -2.32. The second-order valence-electron chi connectivity index (χ2n) is 10.8. The first-order chi connectivity index (χ1) is 15.5. The molecule has 3 heterocycles. The van der Waals surface area contributed by atoms with Crippen molar-refractivity contribution in [3.63, 3.8) is 0 Å². The van der Waals surface area contributed by atoms with Crippen LogP contribution in [0.4, 0.5) is 0 Å². The van der Waals surface area contributed by atoms with Gasteiger partial charge in [-0.25, -0.2) is 4.68 Å². The Kier molecular flexibility index (Phi) is 6.47. The molecule has 1 aromatic carbocycles. The molecule has 1 saturated heterocycles. The van der Waals surface area contributed by atoms with Gasteiger partial charge in [0.25, 0.3) is 0 Å². The van der Waals surface area contributed by atoms with Crippen LogP contribution in [0.5, 0.6) is 5.75 Å². The molecule has 1 aliphatic rings. The van der Waals surface area contributed by atoms with E-state index in [9.17, 15) is 0 Å². The normalized spacial score (nSPS) is 17.7. The van der Waals surface area contributed by atoms with Crippen LogP contribution in [0.1, 0.15) is 33.4 Å². The fourth-order valence-corrected chi connectivity index (χ4v) is 4.26. The lowest BCUT2D eigenvalue weighted by molar-refractivity contribution is 0.00578. The standard InChI is InChI=1S/C23H34BN3O5Si/c1-22(2)23(3,4)32-24(31-22)19-12-17-14-25-27(16-28-10-11-33(5,6)7)20(17)13-21(19)29-15-18-8-9-30-26-18/h8-9,12-14H,10-11,15-16H2,1-7H3. The van der Waals surface area contributed by atoms with Crippen LogP contribution in [0.25, 0.3) is 10.9 Å². The highest BCUT2D eigenvalue weighted by Gasteiger charge is 2.52. The van der Waals surface area contributed by atoms with E-state index >= 15 is 0 Å². The Balaban J connectivity index is 1.61. The Labute approximate surface area is 196 Å². The average molecular weight is 471 g/mol. The third-order valence-corrected chi connectivity index (χ3v) is 8.06. The van der Waals surface area contributed by atoms with Crippen molar-refractivity contribution >= 4 is 31.6 Å². The smallest absolute Gasteiger partial charge is 0.487 e. The van der Waals surface area contributed by atoms with Crippen molar-refractivity contribution < 1.29 is 23.3 Å². The molecular formula is C23H34BN3O5Si. The van der Waals surface area contributed by atoms with Gasteiger partial charge < -0.3 is 23.3 Å². The van der Waals surface area contributed by atoms with Crippen molar-refractivity contribution in [2.24, 2.45) is 0 Å². The predicted molar refractivity (Wildman–Crippen MR) is 130 cm³/mol. The Bertz CT molecular complexity index is 1080. The molecule has 1 aliphatic heterocycles. The zero-order chi connectivity index (χ0) is 23.9. The molecular weight excluding hydrogens is 437 g/mol. The first kappa shape index (κ1) is 24.0. The van der Waals surface area contributed by atoms with Crippen LogP contribution < -0.4 is 10.2 Å². The van der Waals surface area contributed by atoms with Crippen LogP contribution in [0.15, 0.2) is 35.2 Å². The molecule has 33 heavy (non-hydrogen) atoms. The second kappa shape index (κ2) is 8.90. The van der Waals surface area contributed by atoms with E-state index in [0.29, 0.717) is 18.2 Å². The molecule has 0 unspecified atom stereocenters. The van der Waals surface area contributed by atoms with Gasteiger partial charge in [0.1, 0.15) is 31.0 Å². The first-order valence-electron chi connectivity index (χ1n) is 11.4. The molecule has 0 amide bonds. The second-order valence-corrected chi connectivity index (χ2v) is 16.4. The molecule has 0 N–H and O–H groups in total. The number of ether oxygens (including phenoxy) is 2. The summed E-state index contributed by atoms with van der Waals surface area (Å²) in [7, 11) is -1.69. The molecule has 10 heteroatoms. The van der Waals surface area contributed by atoms with Gasteiger partial charge in [-0.05, 0) is 39.8 Å². The molecule has 0 aliphatic carbocycles. The molecule has 1 fully saturated rings. The summed E-state index contributed by atoms with van der Waals surface area (Å²) in [4.78, 5) is 0. The minimum absolute atomic E-state index is 0.273. The Hall–Kier alpha value is -2.14. The van der Waals surface area contributed by atoms with Crippen molar-refractivity contribution in [2.45, 2.75) is 77.9 Å². The number of nitrogens with zero attached hydrogens (tertiary/aromatic N) is 3. The number of aromatic nitrogens is 3. The predicted octanol–water partition coefficient (Wildman–Crippen LogP) is 4.21. The molecule has 3 aromatic rings. The molecule has 0 radical (unpaired) electrons. The summed E-state index contributed by atoms with van der Waals surface area (Å²) in [6, 6.07) is 6.90. The monoisotopic (exact) mass is 471 g/mol. The summed E-state index contributed by atoms with van der Waals surface area (Å²) in [5, 5.41) is 9.47. The maximum atomic E-state index is 6.31. The highest BCUT2D eigenvalue weighted by Crippen LogP contribution is 2.37. The Morgan fingerprint density at radius 2 is 1.82 bits per heavy atom. The van der Waals surface area contributed by atoms with Crippen LogP contribution in [0.2, 0.25) is 25.7 Å². The number of hydrogen-bond acceptors (Lipinski definition) is 7. The van der Waals surface area contributed by atoms with E-state index < -0.39 is 26.4 Å². The van der Waals surface area contributed by atoms with Gasteiger partial charge in [-0.3, -0.25) is 0 Å². The molecule has 178 valence electrons. The van der Waals surface area contributed by atoms with E-state index in [1.807, 2.05) is 50.7 Å². The third kappa shape index (κ3) is 5.34. The molecule has 4 rings (SSSR count). The third-order valence-electron chi connectivity index (χ3n) is 6.36. The highest BCUT2D eigenvalue weighted by molar-refractivity contribution is 6.76. The van der Waals surface area contributed by atoms with Crippen LogP contribution in [-0.4, -0.2) is 47.9 Å². The maximum Gasteiger partial charge on any atom is 0.498 e. The number of fused-ring (bicyclic) bond motifs is 1. The van der Waals surface area contributed by atoms with Crippen molar-refractivity contribution in [1.29, 1.82) is 0 Å². The molecule has 8 nitrogen and oxygen atoms in total. The van der Waals surface area contributed by atoms with Gasteiger partial charge in [0.05, 0.1) is 22.9 Å². The van der Waals surface area contributed by atoms with Crippen molar-refractivity contribution in [3.8, 4) is 5.75 Å². The molecule has 0 saturated carbocycles. The minimum atomic E-state index is -1.14. The number of benzene rings is 1. The Morgan fingerprint density at radius 3 is 2.45 bits per heavy atom. The summed E-state index contributed by atoms with van der Waals surface area (Å²) in [6.45, 7) is 16.6. The van der Waals surface area contributed by atoms with E-state index in [2.05, 4.69) is 29.9 Å². The van der Waals surface area contributed by atoms with E-state index in [1.165, 1.54) is 6.26 Å². The summed E-state index contributed by atoms with van der Waals surface area (Å²) in [5.41, 5.74) is 1.55. The Morgan fingerprint density at radius 1 is 1.09 bits per heavy atom. The van der Waals surface area contributed by atoms with Gasteiger partial charge >= 0.3 is 7.12 Å². The summed E-state index contributed by atoms with van der Waals surface area (Å²) in [6.07, 6.45) is 3.37. The van der Waals surface area contributed by atoms with Gasteiger partial charge in [0.15, 0.2) is 0 Å². The summed E-state index contributed by atoms with van der Waals surface area (Å²) >= 11 is 0. The lowest BCUT2D eigenvalue weighted by atomic mass is 9.77. The van der Waals surface area contributed by atoms with Crippen molar-refractivity contribution in [3.05, 3.63) is 36.4 Å². The quantitative estimate of drug-likeness (QED) is 0.342. The van der Waals surface area contributed by atoms with Crippen LogP contribution in [0.3, 0.4) is 0 Å². The molecule has 2 aromatic heterocycles. The van der Waals surface area contributed by atoms with E-state index in [-0.39, 0.29) is 6.61 Å². The SMILES string of the molecule is CC1(C)OB(c2cc3cnn(COCC[Si](C)(C)C)c3cc2OCc2ccon2)OC1(C)C. The van der Waals surface area contributed by atoms with Gasteiger partial charge in [0.2, 0.25) is 0 Å². The summed E-state index contributed by atoms with van der Waals surface area (Å²) < 4.78 is 31.5. The number of rotatable bonds is 9. The highest BCUT2D eigenvalue weighted by atomic mass is 28.3. The molecule has 0 bridgehead atoms. The van der Waals surface area contributed by atoms with E-state index in [4.69, 9.17) is 23.3 Å².